The van der Waals surface area contributed by atoms with E-state index in [2.05, 4.69) is 5.32 Å². The number of rotatable bonds is 3. The summed E-state index contributed by atoms with van der Waals surface area (Å²) in [7, 11) is 0. The number of amides is 2. The highest BCUT2D eigenvalue weighted by molar-refractivity contribution is 5.86. The summed E-state index contributed by atoms with van der Waals surface area (Å²) >= 11 is 0. The third kappa shape index (κ3) is 2.92. The normalized spacial score (nSPS) is 22.6. The summed E-state index contributed by atoms with van der Waals surface area (Å²) in [6.45, 7) is 4.37. The molecule has 2 unspecified atom stereocenters. The van der Waals surface area contributed by atoms with Gasteiger partial charge in [-0.1, -0.05) is 0 Å². The molecule has 15 heavy (non-hydrogen) atoms. The van der Waals surface area contributed by atoms with Gasteiger partial charge in [0.05, 0.1) is 0 Å². The van der Waals surface area contributed by atoms with Crippen molar-refractivity contribution < 1.29 is 9.59 Å². The number of hydrogen-bond donors (Lipinski definition) is 2. The molecule has 5 nitrogen and oxygen atoms in total. The van der Waals surface area contributed by atoms with Crippen LogP contribution in [-0.4, -0.2) is 41.9 Å². The molecule has 2 atom stereocenters. The van der Waals surface area contributed by atoms with Gasteiger partial charge in [0.25, 0.3) is 0 Å². The van der Waals surface area contributed by atoms with Gasteiger partial charge in [0.1, 0.15) is 6.04 Å². The Bertz CT molecular complexity index is 255. The summed E-state index contributed by atoms with van der Waals surface area (Å²) < 4.78 is 0. The van der Waals surface area contributed by atoms with Gasteiger partial charge in [0, 0.05) is 26.1 Å². The van der Waals surface area contributed by atoms with Gasteiger partial charge in [-0.2, -0.15) is 0 Å². The van der Waals surface area contributed by atoms with Gasteiger partial charge in [-0.3, -0.25) is 9.59 Å². The van der Waals surface area contributed by atoms with Gasteiger partial charge in [0.15, 0.2) is 0 Å². The molecule has 0 saturated carbocycles. The van der Waals surface area contributed by atoms with Crippen LogP contribution in [0.4, 0.5) is 0 Å². The molecule has 1 heterocycles. The Morgan fingerprint density at radius 2 is 2.27 bits per heavy atom. The molecule has 3 N–H and O–H groups in total. The van der Waals surface area contributed by atoms with Crippen LogP contribution in [-0.2, 0) is 9.59 Å². The fraction of sp³-hybridized carbons (Fsp3) is 0.800. The summed E-state index contributed by atoms with van der Waals surface area (Å²) in [5.74, 6) is -0.211. The Labute approximate surface area is 90.0 Å². The molecule has 0 radical (unpaired) electrons. The summed E-state index contributed by atoms with van der Waals surface area (Å²) in [6.07, 6.45) is 1.97. The molecule has 0 aromatic heterocycles. The molecule has 1 aliphatic rings. The van der Waals surface area contributed by atoms with E-state index in [4.69, 9.17) is 5.73 Å². The topological polar surface area (TPSA) is 75.4 Å². The second-order valence-corrected chi connectivity index (χ2v) is 3.99. The van der Waals surface area contributed by atoms with Crippen LogP contribution in [0.1, 0.15) is 26.7 Å². The second-order valence-electron chi connectivity index (χ2n) is 3.99. The lowest BCUT2D eigenvalue weighted by Crippen LogP contribution is -2.49. The first-order valence-electron chi connectivity index (χ1n) is 5.34. The molecule has 1 saturated heterocycles. The van der Waals surface area contributed by atoms with Gasteiger partial charge in [-0.25, -0.2) is 0 Å². The minimum atomic E-state index is -0.449. The largest absolute Gasteiger partial charge is 0.345 e. The number of nitrogens with one attached hydrogen (secondary N) is 1. The van der Waals surface area contributed by atoms with Crippen LogP contribution in [0, 0.1) is 0 Å². The Kier molecular flexibility index (Phi) is 4.08. The highest BCUT2D eigenvalue weighted by atomic mass is 16.2. The van der Waals surface area contributed by atoms with Crippen molar-refractivity contribution in [2.75, 3.05) is 13.1 Å². The summed E-state index contributed by atoms with van der Waals surface area (Å²) in [4.78, 5) is 24.5. The number of likely N-dealkylation sites (tertiary alicyclic amines) is 1. The van der Waals surface area contributed by atoms with E-state index >= 15 is 0 Å². The average Bonchev–Trinajstić information content (AvgIpc) is 2.62. The van der Waals surface area contributed by atoms with E-state index in [1.165, 1.54) is 6.92 Å². The molecule has 1 fully saturated rings. The van der Waals surface area contributed by atoms with Crippen LogP contribution in [0.15, 0.2) is 0 Å². The Hall–Kier alpha value is -1.10. The third-order valence-corrected chi connectivity index (χ3v) is 2.72. The standard InChI is InChI=1S/C10H19N3O2/c1-7(12-8(2)14)10(15)13-5-3-4-9(13)6-11/h7,9H,3-6,11H2,1-2H3,(H,12,14). The van der Waals surface area contributed by atoms with E-state index < -0.39 is 6.04 Å². The fourth-order valence-electron chi connectivity index (χ4n) is 1.99. The maximum absolute atomic E-state index is 11.9. The van der Waals surface area contributed by atoms with Crippen molar-refractivity contribution in [3.05, 3.63) is 0 Å². The van der Waals surface area contributed by atoms with Crippen LogP contribution in [0.5, 0.6) is 0 Å². The van der Waals surface area contributed by atoms with E-state index in [0.29, 0.717) is 6.54 Å². The van der Waals surface area contributed by atoms with Crippen molar-refractivity contribution in [1.29, 1.82) is 0 Å². The van der Waals surface area contributed by atoms with E-state index in [-0.39, 0.29) is 17.9 Å². The van der Waals surface area contributed by atoms with Crippen LogP contribution < -0.4 is 11.1 Å². The SMILES string of the molecule is CC(=O)NC(C)C(=O)N1CCCC1CN. The molecule has 2 amide bonds. The van der Waals surface area contributed by atoms with Gasteiger partial charge < -0.3 is 16.0 Å². The molecular formula is C10H19N3O2. The number of hydrogen-bond acceptors (Lipinski definition) is 3. The zero-order valence-electron chi connectivity index (χ0n) is 9.32. The Balaban J connectivity index is 2.55. The van der Waals surface area contributed by atoms with Gasteiger partial charge in [0.2, 0.25) is 11.8 Å². The highest BCUT2D eigenvalue weighted by Gasteiger charge is 2.30. The fourth-order valence-corrected chi connectivity index (χ4v) is 1.99. The van der Waals surface area contributed by atoms with Crippen LogP contribution in [0.25, 0.3) is 0 Å². The lowest BCUT2D eigenvalue weighted by Gasteiger charge is -2.26. The molecule has 0 spiro atoms. The molecule has 86 valence electrons. The minimum absolute atomic E-state index is 0.0295. The van der Waals surface area contributed by atoms with Gasteiger partial charge >= 0.3 is 0 Å². The third-order valence-electron chi connectivity index (χ3n) is 2.72. The van der Waals surface area contributed by atoms with Crippen molar-refractivity contribution in [2.45, 2.75) is 38.8 Å². The minimum Gasteiger partial charge on any atom is -0.345 e. The summed E-state index contributed by atoms with van der Waals surface area (Å²) in [5.41, 5.74) is 5.58. The average molecular weight is 213 g/mol. The molecule has 1 rings (SSSR count). The van der Waals surface area contributed by atoms with Crippen molar-refractivity contribution in [2.24, 2.45) is 5.73 Å². The monoisotopic (exact) mass is 213 g/mol. The van der Waals surface area contributed by atoms with Crippen molar-refractivity contribution in [3.63, 3.8) is 0 Å². The van der Waals surface area contributed by atoms with Gasteiger partial charge in [-0.15, -0.1) is 0 Å². The summed E-state index contributed by atoms with van der Waals surface area (Å²) in [6, 6.07) is -0.302. The second kappa shape index (κ2) is 5.11. The first kappa shape index (κ1) is 12.0. The summed E-state index contributed by atoms with van der Waals surface area (Å²) in [5, 5.41) is 2.59. The first-order chi connectivity index (χ1) is 7.06. The zero-order chi connectivity index (χ0) is 11.4. The highest BCUT2D eigenvalue weighted by Crippen LogP contribution is 2.16. The van der Waals surface area contributed by atoms with E-state index in [9.17, 15) is 9.59 Å². The number of nitrogens with zero attached hydrogens (tertiary/aromatic N) is 1. The van der Waals surface area contributed by atoms with E-state index in [1.54, 1.807) is 11.8 Å². The molecule has 1 aliphatic heterocycles. The van der Waals surface area contributed by atoms with Crippen molar-refractivity contribution in [1.82, 2.24) is 10.2 Å². The Morgan fingerprint density at radius 3 is 2.80 bits per heavy atom. The lowest BCUT2D eigenvalue weighted by molar-refractivity contribution is -0.136. The predicted molar refractivity (Wildman–Crippen MR) is 57.1 cm³/mol. The van der Waals surface area contributed by atoms with E-state index in [1.807, 2.05) is 0 Å². The van der Waals surface area contributed by atoms with Crippen molar-refractivity contribution >= 4 is 11.8 Å². The van der Waals surface area contributed by atoms with E-state index in [0.717, 1.165) is 19.4 Å². The molecule has 0 bridgehead atoms. The van der Waals surface area contributed by atoms with Gasteiger partial charge in [-0.05, 0) is 19.8 Å². The first-order valence-corrected chi connectivity index (χ1v) is 5.34. The number of carbonyl (C=O) groups is 2. The zero-order valence-corrected chi connectivity index (χ0v) is 9.32. The maximum atomic E-state index is 11.9. The molecule has 5 heteroatoms. The smallest absolute Gasteiger partial charge is 0.245 e. The molecule has 0 aromatic carbocycles. The number of carbonyl (C=O) groups excluding carboxylic acids is 2. The molecular weight excluding hydrogens is 194 g/mol. The Morgan fingerprint density at radius 1 is 1.60 bits per heavy atom. The molecule has 0 aromatic rings. The lowest BCUT2D eigenvalue weighted by atomic mass is 10.2. The molecule has 0 aliphatic carbocycles. The van der Waals surface area contributed by atoms with Crippen molar-refractivity contribution in [3.8, 4) is 0 Å². The predicted octanol–water partition coefficient (Wildman–Crippen LogP) is -0.539. The van der Waals surface area contributed by atoms with Crippen LogP contribution >= 0.6 is 0 Å². The van der Waals surface area contributed by atoms with Crippen LogP contribution in [0.3, 0.4) is 0 Å². The maximum Gasteiger partial charge on any atom is 0.245 e. The number of nitrogens with two attached hydrogens (primary N) is 1. The van der Waals surface area contributed by atoms with Crippen LogP contribution in [0.2, 0.25) is 0 Å². The quantitative estimate of drug-likeness (QED) is 0.661.